The first kappa shape index (κ1) is 17.9. The second kappa shape index (κ2) is 6.96. The highest BCUT2D eigenvalue weighted by Gasteiger charge is 2.15. The third-order valence-electron chi connectivity index (χ3n) is 3.01. The van der Waals surface area contributed by atoms with E-state index in [1.807, 2.05) is 13.8 Å². The van der Waals surface area contributed by atoms with Gasteiger partial charge in [0.05, 0.1) is 11.4 Å². The maximum atomic E-state index is 12.0. The summed E-state index contributed by atoms with van der Waals surface area (Å²) in [4.78, 5) is 17.1. The summed E-state index contributed by atoms with van der Waals surface area (Å²) in [6.45, 7) is 4.09. The molecular weight excluding hydrogens is 358 g/mol. The molecule has 0 bridgehead atoms. The van der Waals surface area contributed by atoms with Crippen LogP contribution in [-0.2, 0) is 21.2 Å². The molecule has 2 aromatic rings. The van der Waals surface area contributed by atoms with Gasteiger partial charge in [-0.05, 0) is 23.6 Å². The Kier molecular flexibility index (Phi) is 5.41. The third-order valence-corrected chi connectivity index (χ3v) is 5.61. The Morgan fingerprint density at radius 3 is 2.70 bits per heavy atom. The summed E-state index contributed by atoms with van der Waals surface area (Å²) in [5.74, 6) is 0.0454. The number of primary sulfonamides is 1. The Balaban J connectivity index is 2.11. The summed E-state index contributed by atoms with van der Waals surface area (Å²) < 4.78 is 22.9. The average molecular weight is 374 g/mol. The van der Waals surface area contributed by atoms with Crippen LogP contribution in [0.5, 0.6) is 0 Å². The van der Waals surface area contributed by atoms with Crippen molar-refractivity contribution in [2.75, 3.05) is 5.32 Å². The first-order chi connectivity index (χ1) is 10.7. The lowest BCUT2D eigenvalue weighted by atomic mass is 10.1. The van der Waals surface area contributed by atoms with E-state index >= 15 is 0 Å². The van der Waals surface area contributed by atoms with E-state index in [1.165, 1.54) is 23.5 Å². The van der Waals surface area contributed by atoms with E-state index in [2.05, 4.69) is 10.3 Å². The van der Waals surface area contributed by atoms with Gasteiger partial charge >= 0.3 is 0 Å². The summed E-state index contributed by atoms with van der Waals surface area (Å²) in [5.41, 5.74) is 0.497. The molecule has 0 atom stereocenters. The first-order valence-electron chi connectivity index (χ1n) is 6.73. The molecule has 1 aromatic carbocycles. The van der Waals surface area contributed by atoms with Gasteiger partial charge in [-0.25, -0.2) is 18.5 Å². The van der Waals surface area contributed by atoms with Gasteiger partial charge in [-0.1, -0.05) is 31.5 Å². The Labute approximate surface area is 143 Å². The Morgan fingerprint density at radius 2 is 2.13 bits per heavy atom. The monoisotopic (exact) mass is 373 g/mol. The smallest absolute Gasteiger partial charge is 0.239 e. The van der Waals surface area contributed by atoms with Crippen LogP contribution in [0.4, 0.5) is 5.13 Å². The number of nitrogens with zero attached hydrogens (tertiary/aromatic N) is 1. The predicted molar refractivity (Wildman–Crippen MR) is 91.4 cm³/mol. The molecule has 1 aromatic heterocycles. The van der Waals surface area contributed by atoms with Gasteiger partial charge in [0, 0.05) is 11.1 Å². The molecule has 0 saturated heterocycles. The molecule has 0 spiro atoms. The molecule has 9 heteroatoms. The van der Waals surface area contributed by atoms with Crippen LogP contribution in [0.2, 0.25) is 5.02 Å². The van der Waals surface area contributed by atoms with E-state index in [4.69, 9.17) is 16.7 Å². The van der Waals surface area contributed by atoms with Crippen LogP contribution in [0.1, 0.15) is 30.2 Å². The van der Waals surface area contributed by atoms with Gasteiger partial charge in [-0.15, -0.1) is 11.3 Å². The number of carbonyl (C=O) groups excluding carboxylic acids is 1. The summed E-state index contributed by atoms with van der Waals surface area (Å²) in [6, 6.07) is 4.29. The molecule has 0 aliphatic rings. The lowest BCUT2D eigenvalue weighted by molar-refractivity contribution is -0.115. The van der Waals surface area contributed by atoms with Crippen LogP contribution in [0, 0.1) is 0 Å². The molecular formula is C14H16ClN3O3S2. The standard InChI is InChI=1S/C14H16ClN3O3S2/c1-8(2)11-7-17-14(22-11)18-13(19)6-9-3-4-10(15)12(5-9)23(16,20)21/h3-5,7-8H,6H2,1-2H3,(H2,16,20,21)(H,17,18,19). The normalized spacial score (nSPS) is 11.7. The highest BCUT2D eigenvalue weighted by molar-refractivity contribution is 7.89. The van der Waals surface area contributed by atoms with Gasteiger partial charge in [0.1, 0.15) is 4.90 Å². The molecule has 0 radical (unpaired) electrons. The average Bonchev–Trinajstić information content (AvgIpc) is 2.88. The number of halogens is 1. The largest absolute Gasteiger partial charge is 0.302 e. The molecule has 0 aliphatic heterocycles. The summed E-state index contributed by atoms with van der Waals surface area (Å²) in [6.07, 6.45) is 1.72. The van der Waals surface area contributed by atoms with Gasteiger partial charge in [-0.3, -0.25) is 4.79 Å². The lowest BCUT2D eigenvalue weighted by Crippen LogP contribution is -2.16. The van der Waals surface area contributed by atoms with Gasteiger partial charge in [0.25, 0.3) is 0 Å². The maximum Gasteiger partial charge on any atom is 0.239 e. The van der Waals surface area contributed by atoms with Gasteiger partial charge in [-0.2, -0.15) is 0 Å². The fraction of sp³-hybridized carbons (Fsp3) is 0.286. The molecule has 2 rings (SSSR count). The second-order valence-electron chi connectivity index (χ2n) is 5.26. The van der Waals surface area contributed by atoms with Crippen LogP contribution >= 0.6 is 22.9 Å². The molecule has 3 N–H and O–H groups in total. The molecule has 0 fully saturated rings. The quantitative estimate of drug-likeness (QED) is 0.841. The molecule has 124 valence electrons. The number of hydrogen-bond acceptors (Lipinski definition) is 5. The number of carbonyl (C=O) groups is 1. The van der Waals surface area contributed by atoms with E-state index in [0.717, 1.165) is 4.88 Å². The second-order valence-corrected chi connectivity index (χ2v) is 8.26. The van der Waals surface area contributed by atoms with Crippen LogP contribution in [0.15, 0.2) is 29.3 Å². The SMILES string of the molecule is CC(C)c1cnc(NC(=O)Cc2ccc(Cl)c(S(N)(=O)=O)c2)s1. The topological polar surface area (TPSA) is 102 Å². The van der Waals surface area contributed by atoms with E-state index in [9.17, 15) is 13.2 Å². The highest BCUT2D eigenvalue weighted by Crippen LogP contribution is 2.25. The minimum absolute atomic E-state index is 0.00369. The van der Waals surface area contributed by atoms with Crippen molar-refractivity contribution in [3.8, 4) is 0 Å². The van der Waals surface area contributed by atoms with Gasteiger partial charge in [0.15, 0.2) is 5.13 Å². The number of thiazole rings is 1. The minimum atomic E-state index is -3.93. The highest BCUT2D eigenvalue weighted by atomic mass is 35.5. The Bertz CT molecular complexity index is 832. The van der Waals surface area contributed by atoms with Crippen LogP contribution in [-0.4, -0.2) is 19.3 Å². The predicted octanol–water partition coefficient (Wildman–Crippen LogP) is 2.75. The number of sulfonamides is 1. The maximum absolute atomic E-state index is 12.0. The van der Waals surface area contributed by atoms with Crippen molar-refractivity contribution >= 4 is 44.0 Å². The summed E-state index contributed by atoms with van der Waals surface area (Å²) >= 11 is 7.22. The third kappa shape index (κ3) is 4.74. The minimum Gasteiger partial charge on any atom is -0.302 e. The molecule has 0 saturated carbocycles. The van der Waals surface area contributed by atoms with E-state index in [-0.39, 0.29) is 22.2 Å². The van der Waals surface area contributed by atoms with Crippen molar-refractivity contribution in [3.63, 3.8) is 0 Å². The number of anilines is 1. The fourth-order valence-corrected chi connectivity index (χ4v) is 3.77. The Morgan fingerprint density at radius 1 is 1.43 bits per heavy atom. The van der Waals surface area contributed by atoms with Crippen molar-refractivity contribution < 1.29 is 13.2 Å². The molecule has 1 heterocycles. The van der Waals surface area contributed by atoms with E-state index in [0.29, 0.717) is 16.6 Å². The summed E-state index contributed by atoms with van der Waals surface area (Å²) in [7, 11) is -3.93. The van der Waals surface area contributed by atoms with E-state index in [1.54, 1.807) is 12.3 Å². The lowest BCUT2D eigenvalue weighted by Gasteiger charge is -2.06. The molecule has 23 heavy (non-hydrogen) atoms. The van der Waals surface area contributed by atoms with Crippen LogP contribution in [0.25, 0.3) is 0 Å². The first-order valence-corrected chi connectivity index (χ1v) is 9.47. The van der Waals surface area contributed by atoms with Crippen molar-refractivity contribution in [3.05, 3.63) is 39.9 Å². The number of hydrogen-bond donors (Lipinski definition) is 2. The molecule has 0 unspecified atom stereocenters. The van der Waals surface area contributed by atoms with Gasteiger partial charge < -0.3 is 5.32 Å². The number of nitrogens with one attached hydrogen (secondary N) is 1. The Hall–Kier alpha value is -1.48. The van der Waals surface area contributed by atoms with Crippen molar-refractivity contribution in [2.45, 2.75) is 31.1 Å². The summed E-state index contributed by atoms with van der Waals surface area (Å²) in [5, 5.41) is 8.32. The fourth-order valence-electron chi connectivity index (χ4n) is 1.84. The van der Waals surface area contributed by atoms with Crippen molar-refractivity contribution in [1.82, 2.24) is 4.98 Å². The number of benzene rings is 1. The van der Waals surface area contributed by atoms with Crippen molar-refractivity contribution in [1.29, 1.82) is 0 Å². The molecule has 0 aliphatic carbocycles. The van der Waals surface area contributed by atoms with Gasteiger partial charge in [0.2, 0.25) is 15.9 Å². The number of aromatic nitrogens is 1. The van der Waals surface area contributed by atoms with Crippen molar-refractivity contribution in [2.24, 2.45) is 5.14 Å². The molecule has 6 nitrogen and oxygen atoms in total. The number of nitrogens with two attached hydrogens (primary N) is 1. The molecule has 1 amide bonds. The zero-order chi connectivity index (χ0) is 17.2. The van der Waals surface area contributed by atoms with Crippen LogP contribution in [0.3, 0.4) is 0 Å². The van der Waals surface area contributed by atoms with E-state index < -0.39 is 10.0 Å². The zero-order valence-electron chi connectivity index (χ0n) is 12.5. The number of rotatable bonds is 5. The van der Waals surface area contributed by atoms with Crippen LogP contribution < -0.4 is 10.5 Å². The number of amides is 1. The zero-order valence-corrected chi connectivity index (χ0v) is 14.9.